The number of anilines is 2. The predicted molar refractivity (Wildman–Crippen MR) is 116 cm³/mol. The van der Waals surface area contributed by atoms with Crippen molar-refractivity contribution in [2.45, 2.75) is 26.8 Å². The number of non-ortho nitro benzene ring substituents is 1. The molecule has 0 saturated carbocycles. The van der Waals surface area contributed by atoms with E-state index in [9.17, 15) is 28.1 Å². The van der Waals surface area contributed by atoms with Crippen molar-refractivity contribution in [3.05, 3.63) is 63.2 Å². The first-order valence-corrected chi connectivity index (χ1v) is 11.0. The molecule has 0 fully saturated rings. The fourth-order valence-corrected chi connectivity index (χ4v) is 4.29. The first-order valence-electron chi connectivity index (χ1n) is 9.11. The number of nitro benzene ring substituents is 1. The number of sulfonamides is 1. The first-order chi connectivity index (χ1) is 14.4. The lowest BCUT2D eigenvalue weighted by Gasteiger charge is -2.29. The van der Waals surface area contributed by atoms with E-state index in [0.717, 1.165) is 16.6 Å². The second kappa shape index (κ2) is 9.13. The number of hydrogen-bond acceptors (Lipinski definition) is 7. The number of carbonyl (C=O) groups is 2. The van der Waals surface area contributed by atoms with Gasteiger partial charge in [-0.05, 0) is 44.0 Å². The summed E-state index contributed by atoms with van der Waals surface area (Å²) in [5.41, 5.74) is 1.18. The number of rotatable bonds is 7. The van der Waals surface area contributed by atoms with Crippen LogP contribution in [0.4, 0.5) is 17.1 Å². The maximum Gasteiger partial charge on any atom is 0.338 e. The minimum absolute atomic E-state index is 0.0272. The Kier molecular flexibility index (Phi) is 7.01. The van der Waals surface area contributed by atoms with E-state index in [4.69, 9.17) is 4.74 Å². The molecule has 31 heavy (non-hydrogen) atoms. The number of hydrogen-bond donors (Lipinski definition) is 1. The normalized spacial score (nSPS) is 12.0. The van der Waals surface area contributed by atoms with Gasteiger partial charge in [-0.1, -0.05) is 12.1 Å². The molecule has 0 unspecified atom stereocenters. The van der Waals surface area contributed by atoms with Gasteiger partial charge < -0.3 is 10.1 Å². The van der Waals surface area contributed by atoms with Crippen LogP contribution in [-0.2, 0) is 19.6 Å². The highest BCUT2D eigenvalue weighted by molar-refractivity contribution is 7.92. The van der Waals surface area contributed by atoms with Crippen LogP contribution in [0.25, 0.3) is 0 Å². The van der Waals surface area contributed by atoms with Gasteiger partial charge in [0.05, 0.1) is 29.5 Å². The zero-order valence-electron chi connectivity index (χ0n) is 17.7. The third-order valence-electron chi connectivity index (χ3n) is 4.73. The van der Waals surface area contributed by atoms with Crippen LogP contribution in [0.1, 0.15) is 28.4 Å². The molecule has 1 atom stereocenters. The summed E-state index contributed by atoms with van der Waals surface area (Å²) >= 11 is 0. The summed E-state index contributed by atoms with van der Waals surface area (Å²) in [6.45, 7) is 4.57. The van der Waals surface area contributed by atoms with E-state index in [-0.39, 0.29) is 16.9 Å². The number of benzene rings is 2. The summed E-state index contributed by atoms with van der Waals surface area (Å²) < 4.78 is 30.6. The Balaban J connectivity index is 2.46. The zero-order valence-corrected chi connectivity index (χ0v) is 18.5. The van der Waals surface area contributed by atoms with Gasteiger partial charge in [0.25, 0.3) is 5.69 Å². The molecule has 0 aromatic heterocycles. The number of methoxy groups -OCH3 is 1. The molecule has 0 radical (unpaired) electrons. The summed E-state index contributed by atoms with van der Waals surface area (Å²) in [6.07, 6.45) is 0.915. The second-order valence-corrected chi connectivity index (χ2v) is 8.78. The summed E-state index contributed by atoms with van der Waals surface area (Å²) in [4.78, 5) is 35.3. The van der Waals surface area contributed by atoms with Crippen LogP contribution in [0.15, 0.2) is 36.4 Å². The molecular weight excluding hydrogens is 426 g/mol. The van der Waals surface area contributed by atoms with Gasteiger partial charge in [-0.3, -0.25) is 19.2 Å². The minimum atomic E-state index is -3.98. The fraction of sp³-hybridized carbons (Fsp3) is 0.300. The smallest absolute Gasteiger partial charge is 0.338 e. The van der Waals surface area contributed by atoms with Crippen LogP contribution >= 0.6 is 0 Å². The Labute approximate surface area is 180 Å². The van der Waals surface area contributed by atoms with Crippen LogP contribution in [-0.4, -0.2) is 44.6 Å². The summed E-state index contributed by atoms with van der Waals surface area (Å²) in [7, 11) is -2.74. The standard InChI is InChI=1S/C20H23N3O7S/c1-12-9-10-15(23(26)27)11-18(12)22(31(5,28)29)14(3)19(24)21-17-8-6-7-16(13(17)2)20(25)30-4/h6-11,14H,1-5H3,(H,21,24)/t14-/m1/s1. The molecule has 0 heterocycles. The molecule has 2 aromatic rings. The van der Waals surface area contributed by atoms with E-state index < -0.39 is 32.9 Å². The van der Waals surface area contributed by atoms with Gasteiger partial charge >= 0.3 is 5.97 Å². The molecule has 0 aliphatic heterocycles. The van der Waals surface area contributed by atoms with Crippen LogP contribution in [0.3, 0.4) is 0 Å². The van der Waals surface area contributed by atoms with Gasteiger partial charge in [-0.25, -0.2) is 13.2 Å². The SMILES string of the molecule is COC(=O)c1cccc(NC(=O)[C@@H](C)N(c2cc([N+](=O)[O-])ccc2C)S(C)(=O)=O)c1C. The van der Waals surface area contributed by atoms with Crippen LogP contribution < -0.4 is 9.62 Å². The minimum Gasteiger partial charge on any atom is -0.465 e. The molecule has 1 N–H and O–H groups in total. The van der Waals surface area contributed by atoms with E-state index in [0.29, 0.717) is 16.8 Å². The third-order valence-corrected chi connectivity index (χ3v) is 5.95. The molecule has 1 amide bonds. The maximum atomic E-state index is 12.9. The van der Waals surface area contributed by atoms with Gasteiger partial charge in [-0.15, -0.1) is 0 Å². The molecular formula is C20H23N3O7S. The van der Waals surface area contributed by atoms with Crippen molar-refractivity contribution in [1.29, 1.82) is 0 Å². The lowest BCUT2D eigenvalue weighted by atomic mass is 10.1. The molecule has 2 aromatic carbocycles. The third kappa shape index (κ3) is 5.18. The van der Waals surface area contributed by atoms with Crippen molar-refractivity contribution < 1.29 is 27.7 Å². The van der Waals surface area contributed by atoms with Crippen molar-refractivity contribution in [2.24, 2.45) is 0 Å². The highest BCUT2D eigenvalue weighted by Crippen LogP contribution is 2.30. The fourth-order valence-electron chi connectivity index (χ4n) is 3.07. The molecule has 10 nitrogen and oxygen atoms in total. The van der Waals surface area contributed by atoms with Gasteiger partial charge in [0.1, 0.15) is 6.04 Å². The Morgan fingerprint density at radius 1 is 1.19 bits per heavy atom. The Morgan fingerprint density at radius 2 is 1.84 bits per heavy atom. The zero-order chi connectivity index (χ0) is 23.5. The van der Waals surface area contributed by atoms with Crippen LogP contribution in [0.5, 0.6) is 0 Å². The monoisotopic (exact) mass is 449 g/mol. The van der Waals surface area contributed by atoms with E-state index in [2.05, 4.69) is 5.32 Å². The van der Waals surface area contributed by atoms with Gasteiger partial charge in [0.2, 0.25) is 15.9 Å². The van der Waals surface area contributed by atoms with E-state index >= 15 is 0 Å². The number of carbonyl (C=O) groups excluding carboxylic acids is 2. The van der Waals surface area contributed by atoms with Crippen molar-refractivity contribution in [3.63, 3.8) is 0 Å². The molecule has 0 spiro atoms. The number of nitrogens with zero attached hydrogens (tertiary/aromatic N) is 2. The van der Waals surface area contributed by atoms with E-state index in [1.165, 1.54) is 32.2 Å². The first kappa shape index (κ1) is 23.8. The number of amides is 1. The van der Waals surface area contributed by atoms with Gasteiger partial charge in [0.15, 0.2) is 0 Å². The molecule has 0 bridgehead atoms. The summed E-state index contributed by atoms with van der Waals surface area (Å²) in [5, 5.41) is 13.8. The highest BCUT2D eigenvalue weighted by atomic mass is 32.2. The number of ether oxygens (including phenoxy) is 1. The van der Waals surface area contributed by atoms with E-state index in [1.54, 1.807) is 26.0 Å². The summed E-state index contributed by atoms with van der Waals surface area (Å²) in [6, 6.07) is 7.20. The maximum absolute atomic E-state index is 12.9. The lowest BCUT2D eigenvalue weighted by molar-refractivity contribution is -0.384. The quantitative estimate of drug-likeness (QED) is 0.390. The Bertz CT molecular complexity index is 1150. The average molecular weight is 449 g/mol. The molecule has 0 aliphatic rings. The second-order valence-electron chi connectivity index (χ2n) is 6.92. The molecule has 2 rings (SSSR count). The van der Waals surface area contributed by atoms with Crippen LogP contribution in [0.2, 0.25) is 0 Å². The van der Waals surface area contributed by atoms with Crippen molar-refractivity contribution in [3.8, 4) is 0 Å². The largest absolute Gasteiger partial charge is 0.465 e. The number of aryl methyl sites for hydroxylation is 1. The van der Waals surface area contributed by atoms with Crippen LogP contribution in [0, 0.1) is 24.0 Å². The van der Waals surface area contributed by atoms with E-state index in [1.807, 2.05) is 0 Å². The predicted octanol–water partition coefficient (Wildman–Crippen LogP) is 2.79. The Hall–Kier alpha value is -3.47. The lowest BCUT2D eigenvalue weighted by Crippen LogP contribution is -2.45. The molecule has 0 aliphatic carbocycles. The topological polar surface area (TPSA) is 136 Å². The molecule has 166 valence electrons. The number of nitrogens with one attached hydrogen (secondary N) is 1. The van der Waals surface area contributed by atoms with Crippen molar-refractivity contribution in [1.82, 2.24) is 0 Å². The summed E-state index contributed by atoms with van der Waals surface area (Å²) in [5.74, 6) is -1.26. The van der Waals surface area contributed by atoms with Gasteiger partial charge in [0, 0.05) is 17.8 Å². The van der Waals surface area contributed by atoms with Crippen molar-refractivity contribution >= 4 is 39.0 Å². The number of esters is 1. The van der Waals surface area contributed by atoms with Gasteiger partial charge in [-0.2, -0.15) is 0 Å². The number of nitro groups is 1. The molecule has 0 saturated heterocycles. The molecule has 11 heteroatoms. The average Bonchev–Trinajstić information content (AvgIpc) is 2.69. The highest BCUT2D eigenvalue weighted by Gasteiger charge is 2.31. The Morgan fingerprint density at radius 3 is 2.39 bits per heavy atom. The van der Waals surface area contributed by atoms with Crippen molar-refractivity contribution in [2.75, 3.05) is 23.0 Å².